The number of halogens is 1. The van der Waals surface area contributed by atoms with E-state index in [0.717, 1.165) is 21.2 Å². The Labute approximate surface area is 196 Å². The molecule has 0 saturated heterocycles. The zero-order valence-corrected chi connectivity index (χ0v) is 19.5. The van der Waals surface area contributed by atoms with E-state index in [1.165, 1.54) is 38.6 Å². The van der Waals surface area contributed by atoms with Crippen LogP contribution in [0, 0.1) is 6.92 Å². The van der Waals surface area contributed by atoms with Gasteiger partial charge >= 0.3 is 0 Å². The van der Waals surface area contributed by atoms with Crippen molar-refractivity contribution in [2.75, 3.05) is 0 Å². The molecule has 5 aromatic rings. The Hall–Kier alpha value is -2.98. The van der Waals surface area contributed by atoms with Gasteiger partial charge < -0.3 is 0 Å². The second-order valence-electron chi connectivity index (χ2n) is 7.91. The summed E-state index contributed by atoms with van der Waals surface area (Å²) in [5.41, 5.74) is 9.61. The Balaban J connectivity index is 1.43. The van der Waals surface area contributed by atoms with Crippen LogP contribution in [0.3, 0.4) is 0 Å². The molecular weight excluding hydrogens is 489 g/mol. The van der Waals surface area contributed by atoms with Crippen LogP contribution in [0.4, 0.5) is 0 Å². The van der Waals surface area contributed by atoms with Crippen LogP contribution in [0.25, 0.3) is 44.3 Å². The van der Waals surface area contributed by atoms with Gasteiger partial charge in [0.05, 0.1) is 5.69 Å². The standard InChI is InChI=1S/C29H22IN/c1-20-2-6-23(7-3-20)29-15-14-28(19-31-29)27-13-12-25-16-24(10-11-26(25)17-27)22-8-4-21(18-30)5-9-22/h2-17,19H,18H2,1H3. The van der Waals surface area contributed by atoms with Gasteiger partial charge in [-0.2, -0.15) is 0 Å². The topological polar surface area (TPSA) is 12.9 Å². The number of pyridine rings is 1. The highest BCUT2D eigenvalue weighted by atomic mass is 127. The molecule has 150 valence electrons. The van der Waals surface area contributed by atoms with Crippen molar-refractivity contribution in [1.82, 2.24) is 4.98 Å². The molecule has 1 nitrogen and oxygen atoms in total. The van der Waals surface area contributed by atoms with Crippen molar-refractivity contribution < 1.29 is 0 Å². The van der Waals surface area contributed by atoms with Crippen molar-refractivity contribution in [3.05, 3.63) is 114 Å². The lowest BCUT2D eigenvalue weighted by molar-refractivity contribution is 1.32. The fraction of sp³-hybridized carbons (Fsp3) is 0.0690. The van der Waals surface area contributed by atoms with Crippen LogP contribution in [0.2, 0.25) is 0 Å². The molecule has 1 heterocycles. The van der Waals surface area contributed by atoms with Crippen LogP contribution in [-0.4, -0.2) is 4.98 Å². The largest absolute Gasteiger partial charge is 0.256 e. The molecule has 4 aromatic carbocycles. The quantitative estimate of drug-likeness (QED) is 0.174. The monoisotopic (exact) mass is 511 g/mol. The summed E-state index contributed by atoms with van der Waals surface area (Å²) in [5, 5.41) is 2.50. The van der Waals surface area contributed by atoms with Gasteiger partial charge in [0.25, 0.3) is 0 Å². The molecule has 0 bridgehead atoms. The van der Waals surface area contributed by atoms with E-state index in [4.69, 9.17) is 4.98 Å². The Morgan fingerprint density at radius 1 is 0.581 bits per heavy atom. The van der Waals surface area contributed by atoms with Gasteiger partial charge in [0, 0.05) is 21.8 Å². The van der Waals surface area contributed by atoms with Crippen molar-refractivity contribution in [1.29, 1.82) is 0 Å². The first-order valence-corrected chi connectivity index (χ1v) is 11.9. The number of alkyl halides is 1. The van der Waals surface area contributed by atoms with Crippen LogP contribution < -0.4 is 0 Å². The molecule has 5 rings (SSSR count). The highest BCUT2D eigenvalue weighted by molar-refractivity contribution is 14.1. The number of aryl methyl sites for hydroxylation is 1. The lowest BCUT2D eigenvalue weighted by atomic mass is 9.97. The zero-order chi connectivity index (χ0) is 21.2. The molecule has 0 fully saturated rings. The summed E-state index contributed by atoms with van der Waals surface area (Å²) in [6.07, 6.45) is 1.97. The zero-order valence-electron chi connectivity index (χ0n) is 17.3. The van der Waals surface area contributed by atoms with E-state index in [0.29, 0.717) is 0 Å². The number of fused-ring (bicyclic) bond motifs is 1. The average molecular weight is 511 g/mol. The summed E-state index contributed by atoms with van der Waals surface area (Å²) < 4.78 is 1.04. The van der Waals surface area contributed by atoms with Crippen molar-refractivity contribution in [2.24, 2.45) is 0 Å². The fourth-order valence-corrected chi connectivity index (χ4v) is 4.36. The van der Waals surface area contributed by atoms with Crippen molar-refractivity contribution in [2.45, 2.75) is 11.4 Å². The van der Waals surface area contributed by atoms with E-state index < -0.39 is 0 Å². The van der Waals surface area contributed by atoms with Gasteiger partial charge in [-0.25, -0.2) is 0 Å². The van der Waals surface area contributed by atoms with Gasteiger partial charge in [-0.15, -0.1) is 0 Å². The maximum absolute atomic E-state index is 4.70. The summed E-state index contributed by atoms with van der Waals surface area (Å²) in [6.45, 7) is 2.10. The molecule has 0 saturated carbocycles. The second kappa shape index (κ2) is 8.64. The number of benzene rings is 4. The summed E-state index contributed by atoms with van der Waals surface area (Å²) in [7, 11) is 0. The minimum absolute atomic E-state index is 1.00. The van der Waals surface area contributed by atoms with Gasteiger partial charge in [-0.3, -0.25) is 4.98 Å². The Kier molecular flexibility index (Phi) is 5.56. The Morgan fingerprint density at radius 3 is 1.71 bits per heavy atom. The number of rotatable bonds is 4. The maximum atomic E-state index is 4.70. The summed E-state index contributed by atoms with van der Waals surface area (Å²) in [4.78, 5) is 4.70. The normalized spacial score (nSPS) is 11.0. The minimum atomic E-state index is 1.00. The minimum Gasteiger partial charge on any atom is -0.256 e. The fourth-order valence-electron chi connectivity index (χ4n) is 3.85. The maximum Gasteiger partial charge on any atom is 0.0702 e. The summed E-state index contributed by atoms with van der Waals surface area (Å²) in [5.74, 6) is 0. The molecule has 1 aromatic heterocycles. The van der Waals surface area contributed by atoms with Crippen molar-refractivity contribution >= 4 is 33.4 Å². The number of hydrogen-bond acceptors (Lipinski definition) is 1. The Morgan fingerprint density at radius 2 is 1.13 bits per heavy atom. The highest BCUT2D eigenvalue weighted by Gasteiger charge is 2.05. The predicted molar refractivity (Wildman–Crippen MR) is 141 cm³/mol. The molecule has 0 atom stereocenters. The average Bonchev–Trinajstić information content (AvgIpc) is 2.84. The molecule has 0 N–H and O–H groups in total. The molecule has 0 spiro atoms. The van der Waals surface area contributed by atoms with Crippen LogP contribution in [0.15, 0.2) is 103 Å². The van der Waals surface area contributed by atoms with E-state index in [1.807, 2.05) is 6.20 Å². The highest BCUT2D eigenvalue weighted by Crippen LogP contribution is 2.29. The first-order chi connectivity index (χ1) is 15.2. The molecule has 0 aliphatic rings. The third kappa shape index (κ3) is 4.26. The van der Waals surface area contributed by atoms with Crippen LogP contribution in [-0.2, 0) is 4.43 Å². The van der Waals surface area contributed by atoms with E-state index in [9.17, 15) is 0 Å². The first kappa shape index (κ1) is 20.0. The molecule has 0 aliphatic heterocycles. The lowest BCUT2D eigenvalue weighted by Gasteiger charge is -2.08. The molecular formula is C29H22IN. The van der Waals surface area contributed by atoms with E-state index in [-0.39, 0.29) is 0 Å². The third-order valence-electron chi connectivity index (χ3n) is 5.73. The van der Waals surface area contributed by atoms with E-state index in [1.54, 1.807) is 0 Å². The smallest absolute Gasteiger partial charge is 0.0702 e. The Bertz CT molecular complexity index is 1340. The van der Waals surface area contributed by atoms with Gasteiger partial charge in [0.15, 0.2) is 0 Å². The number of nitrogens with zero attached hydrogens (tertiary/aromatic N) is 1. The van der Waals surface area contributed by atoms with Crippen LogP contribution in [0.1, 0.15) is 11.1 Å². The number of hydrogen-bond donors (Lipinski definition) is 0. The van der Waals surface area contributed by atoms with Gasteiger partial charge in [-0.1, -0.05) is 107 Å². The SMILES string of the molecule is Cc1ccc(-c2ccc(-c3ccc4cc(-c5ccc(CI)cc5)ccc4c3)cn2)cc1. The number of aromatic nitrogens is 1. The van der Waals surface area contributed by atoms with Gasteiger partial charge in [0.2, 0.25) is 0 Å². The molecule has 0 radical (unpaired) electrons. The van der Waals surface area contributed by atoms with Crippen molar-refractivity contribution in [3.63, 3.8) is 0 Å². The third-order valence-corrected chi connectivity index (χ3v) is 6.61. The van der Waals surface area contributed by atoms with E-state index >= 15 is 0 Å². The molecule has 0 aliphatic carbocycles. The first-order valence-electron chi connectivity index (χ1n) is 10.4. The molecule has 0 unspecified atom stereocenters. The summed E-state index contributed by atoms with van der Waals surface area (Å²) >= 11 is 2.40. The lowest BCUT2D eigenvalue weighted by Crippen LogP contribution is -1.86. The second-order valence-corrected chi connectivity index (χ2v) is 8.67. The predicted octanol–water partition coefficient (Wildman–Crippen LogP) is 8.48. The molecule has 0 amide bonds. The van der Waals surface area contributed by atoms with Crippen molar-refractivity contribution in [3.8, 4) is 33.5 Å². The van der Waals surface area contributed by atoms with Gasteiger partial charge in [0.1, 0.15) is 0 Å². The molecule has 2 heteroatoms. The van der Waals surface area contributed by atoms with Gasteiger partial charge in [-0.05, 0) is 58.1 Å². The summed E-state index contributed by atoms with van der Waals surface area (Å²) in [6, 6.07) is 35.0. The van der Waals surface area contributed by atoms with Crippen LogP contribution in [0.5, 0.6) is 0 Å². The molecule has 31 heavy (non-hydrogen) atoms. The van der Waals surface area contributed by atoms with Crippen LogP contribution >= 0.6 is 22.6 Å². The van der Waals surface area contributed by atoms with E-state index in [2.05, 4.69) is 127 Å².